The number of fused-ring (bicyclic) bond motifs is 9. The summed E-state index contributed by atoms with van der Waals surface area (Å²) in [5, 5.41) is 7.56. The minimum Gasteiger partial charge on any atom is -0.311 e. The van der Waals surface area contributed by atoms with E-state index in [0.29, 0.717) is 0 Å². The second kappa shape index (κ2) is 16.4. The maximum absolute atomic E-state index is 2.46. The minimum absolute atomic E-state index is 1.11. The molecule has 0 N–H and O–H groups in total. The van der Waals surface area contributed by atoms with Crippen LogP contribution in [0, 0.1) is 0 Å². The molecule has 0 bridgehead atoms. The lowest BCUT2D eigenvalue weighted by Crippen LogP contribution is -2.09. The largest absolute Gasteiger partial charge is 0.311 e. The van der Waals surface area contributed by atoms with Gasteiger partial charge in [-0.25, -0.2) is 0 Å². The van der Waals surface area contributed by atoms with Gasteiger partial charge in [-0.1, -0.05) is 135 Å². The van der Waals surface area contributed by atoms with Crippen LogP contribution in [0.3, 0.4) is 0 Å². The van der Waals surface area contributed by atoms with Gasteiger partial charge in [0, 0.05) is 70.2 Å². The molecular weight excluding hydrogens is 819 g/mol. The van der Waals surface area contributed by atoms with Gasteiger partial charge in [0.25, 0.3) is 0 Å². The van der Waals surface area contributed by atoms with Gasteiger partial charge in [-0.15, -0.1) is 11.3 Å². The zero-order valence-electron chi connectivity index (χ0n) is 36.8. The molecule has 0 saturated carbocycles. The molecule has 0 unspecified atom stereocenters. The third-order valence-corrected chi connectivity index (χ3v) is 14.0. The van der Waals surface area contributed by atoms with E-state index in [1.807, 2.05) is 25.2 Å². The minimum atomic E-state index is 1.11. The highest BCUT2D eigenvalue weighted by molar-refractivity contribution is 7.25. The van der Waals surface area contributed by atoms with E-state index in [9.17, 15) is 0 Å². The lowest BCUT2D eigenvalue weighted by molar-refractivity contribution is 1.18. The first-order chi connectivity index (χ1) is 32.7. The smallest absolute Gasteiger partial charge is 0.0541 e. The Morgan fingerprint density at radius 2 is 0.712 bits per heavy atom. The van der Waals surface area contributed by atoms with Crippen molar-refractivity contribution in [2.75, 3.05) is 4.90 Å². The van der Waals surface area contributed by atoms with Gasteiger partial charge in [0.1, 0.15) is 0 Å². The first kappa shape index (κ1) is 39.4. The maximum atomic E-state index is 2.46. The van der Waals surface area contributed by atoms with E-state index in [4.69, 9.17) is 0 Å². The summed E-state index contributed by atoms with van der Waals surface area (Å²) in [5.41, 5.74) is 15.2. The van der Waals surface area contributed by atoms with Crippen LogP contribution in [0.2, 0.25) is 0 Å². The van der Waals surface area contributed by atoms with Gasteiger partial charge in [0.15, 0.2) is 0 Å². The maximum Gasteiger partial charge on any atom is 0.0541 e. The van der Waals surface area contributed by atoms with Crippen molar-refractivity contribution in [2.24, 2.45) is 0 Å². The van der Waals surface area contributed by atoms with Crippen molar-refractivity contribution in [1.82, 2.24) is 9.13 Å². The van der Waals surface area contributed by atoms with Crippen molar-refractivity contribution in [2.45, 2.75) is 13.8 Å². The van der Waals surface area contributed by atoms with E-state index < -0.39 is 0 Å². The van der Waals surface area contributed by atoms with Crippen molar-refractivity contribution >= 4 is 92.2 Å². The monoisotopic (exact) mass is 863 g/mol. The molecule has 3 nitrogen and oxygen atoms in total. The number of anilines is 3. The van der Waals surface area contributed by atoms with Crippen molar-refractivity contribution in [3.05, 3.63) is 237 Å². The topological polar surface area (TPSA) is 13.1 Å². The predicted octanol–water partition coefficient (Wildman–Crippen LogP) is 18.1. The lowest BCUT2D eigenvalue weighted by atomic mass is 9.99. The highest BCUT2D eigenvalue weighted by atomic mass is 32.1. The van der Waals surface area contributed by atoms with E-state index in [1.54, 1.807) is 0 Å². The van der Waals surface area contributed by atoms with Crippen molar-refractivity contribution in [1.29, 1.82) is 0 Å². The molecule has 3 heterocycles. The fraction of sp³-hybridized carbons (Fsp3) is 0.0323. The van der Waals surface area contributed by atoms with Crippen LogP contribution in [0.1, 0.15) is 13.8 Å². The van der Waals surface area contributed by atoms with Gasteiger partial charge in [0.2, 0.25) is 0 Å². The molecule has 0 aliphatic carbocycles. The molecular formula is C62H45N3S. The molecule has 0 aliphatic rings. The van der Waals surface area contributed by atoms with Crippen LogP contribution in [0.15, 0.2) is 237 Å². The normalized spacial score (nSPS) is 11.5. The van der Waals surface area contributed by atoms with Crippen molar-refractivity contribution < 1.29 is 0 Å². The Balaban J connectivity index is 0.00000225. The summed E-state index contributed by atoms with van der Waals surface area (Å²) in [7, 11) is 0. The van der Waals surface area contributed by atoms with Crippen LogP contribution >= 0.6 is 11.3 Å². The fourth-order valence-corrected chi connectivity index (χ4v) is 11.0. The van der Waals surface area contributed by atoms with Crippen LogP contribution in [0.4, 0.5) is 17.1 Å². The van der Waals surface area contributed by atoms with Crippen LogP contribution < -0.4 is 4.90 Å². The standard InChI is InChI=1S/C60H39N3S.C2H6/c1-4-14-44(15-5-1)61(45-16-6-2-7-17-45)47-29-24-40(25-30-47)41-26-32-57-52(36-41)53-38-43(28-34-58(53)63(57)48-31-35-60-54(39-48)50-21-11-13-23-59(50)64-60)42-27-33-56-51(37-42)49-20-10-12-22-55(49)62(56)46-18-8-3-9-19-46;1-2/h1-39H;1-2H3. The second-order valence-corrected chi connectivity index (χ2v) is 17.6. The second-order valence-electron chi connectivity index (χ2n) is 16.6. The van der Waals surface area contributed by atoms with E-state index in [1.165, 1.54) is 91.7 Å². The Bertz CT molecular complexity index is 3840. The van der Waals surface area contributed by atoms with Gasteiger partial charge < -0.3 is 14.0 Å². The average molecular weight is 864 g/mol. The van der Waals surface area contributed by atoms with Gasteiger partial charge >= 0.3 is 0 Å². The molecule has 13 rings (SSSR count). The third kappa shape index (κ3) is 6.57. The Hall–Kier alpha value is -8.18. The molecule has 0 aliphatic heterocycles. The fourth-order valence-electron chi connectivity index (χ4n) is 9.93. The number of hydrogen-bond acceptors (Lipinski definition) is 2. The Kier molecular flexibility index (Phi) is 9.81. The highest BCUT2D eigenvalue weighted by Crippen LogP contribution is 2.42. The molecule has 0 radical (unpaired) electrons. The summed E-state index contributed by atoms with van der Waals surface area (Å²) in [4.78, 5) is 2.31. The van der Waals surface area contributed by atoms with E-state index in [2.05, 4.69) is 251 Å². The van der Waals surface area contributed by atoms with Crippen LogP contribution in [0.25, 0.3) is 97.4 Å². The molecule has 3 aromatic heterocycles. The van der Waals surface area contributed by atoms with Gasteiger partial charge in [-0.3, -0.25) is 0 Å². The molecule has 0 atom stereocenters. The molecule has 0 amide bonds. The number of rotatable bonds is 7. The summed E-state index contributed by atoms with van der Waals surface area (Å²) < 4.78 is 7.47. The summed E-state index contributed by atoms with van der Waals surface area (Å²) in [6.07, 6.45) is 0. The van der Waals surface area contributed by atoms with E-state index in [0.717, 1.165) is 22.7 Å². The first-order valence-electron chi connectivity index (χ1n) is 22.8. The van der Waals surface area contributed by atoms with Gasteiger partial charge in [-0.2, -0.15) is 0 Å². The molecule has 0 fully saturated rings. The number of para-hydroxylation sites is 4. The lowest BCUT2D eigenvalue weighted by Gasteiger charge is -2.25. The third-order valence-electron chi connectivity index (χ3n) is 12.9. The van der Waals surface area contributed by atoms with Gasteiger partial charge in [-0.05, 0) is 138 Å². The summed E-state index contributed by atoms with van der Waals surface area (Å²) in [5.74, 6) is 0. The molecule has 4 heteroatoms. The molecule has 0 saturated heterocycles. The molecule has 0 spiro atoms. The van der Waals surface area contributed by atoms with Crippen molar-refractivity contribution in [3.63, 3.8) is 0 Å². The van der Waals surface area contributed by atoms with Crippen molar-refractivity contribution in [3.8, 4) is 33.6 Å². The van der Waals surface area contributed by atoms with E-state index in [-0.39, 0.29) is 0 Å². The van der Waals surface area contributed by atoms with Crippen LogP contribution in [0.5, 0.6) is 0 Å². The number of nitrogens with zero attached hydrogens (tertiary/aromatic N) is 3. The zero-order valence-corrected chi connectivity index (χ0v) is 37.6. The van der Waals surface area contributed by atoms with E-state index >= 15 is 0 Å². The number of benzene rings is 10. The first-order valence-corrected chi connectivity index (χ1v) is 23.6. The molecule has 66 heavy (non-hydrogen) atoms. The molecule has 314 valence electrons. The number of hydrogen-bond donors (Lipinski definition) is 0. The highest BCUT2D eigenvalue weighted by Gasteiger charge is 2.19. The average Bonchev–Trinajstić information content (AvgIpc) is 4.05. The Morgan fingerprint density at radius 3 is 1.32 bits per heavy atom. The summed E-state index contributed by atoms with van der Waals surface area (Å²) in [6, 6.07) is 86.4. The Morgan fingerprint density at radius 1 is 0.288 bits per heavy atom. The number of thiophene rings is 1. The summed E-state index contributed by atoms with van der Waals surface area (Å²) >= 11 is 1.86. The van der Waals surface area contributed by atoms with Crippen LogP contribution in [-0.4, -0.2) is 9.13 Å². The molecule has 13 aromatic rings. The zero-order chi connectivity index (χ0) is 44.1. The van der Waals surface area contributed by atoms with Crippen LogP contribution in [-0.2, 0) is 0 Å². The Labute approximate surface area is 388 Å². The van der Waals surface area contributed by atoms with Gasteiger partial charge in [0.05, 0.1) is 22.1 Å². The SMILES string of the molecule is CC.c1ccc(N(c2ccccc2)c2ccc(-c3ccc4c(c3)c3cc(-c5ccc6c(c5)c5ccccc5n6-c5ccccc5)ccc3n4-c3ccc4sc5ccccc5c4c3)cc2)cc1. The summed E-state index contributed by atoms with van der Waals surface area (Å²) in [6.45, 7) is 4.00. The molecule has 10 aromatic carbocycles. The predicted molar refractivity (Wildman–Crippen MR) is 285 cm³/mol. The quantitative estimate of drug-likeness (QED) is 0.156. The number of aromatic nitrogens is 2.